The maximum Gasteiger partial charge on any atom is 0.307 e. The van der Waals surface area contributed by atoms with Crippen LogP contribution >= 0.6 is 0 Å². The zero-order valence-electron chi connectivity index (χ0n) is 11.4. The van der Waals surface area contributed by atoms with Crippen molar-refractivity contribution >= 4 is 11.9 Å². The summed E-state index contributed by atoms with van der Waals surface area (Å²) in [6, 6.07) is 0. The van der Waals surface area contributed by atoms with Gasteiger partial charge in [-0.2, -0.15) is 0 Å². The molecule has 2 N–H and O–H groups in total. The first-order valence-electron chi connectivity index (χ1n) is 7.02. The van der Waals surface area contributed by atoms with Crippen molar-refractivity contribution in [2.45, 2.75) is 71.1 Å². The first-order chi connectivity index (χ1) is 8.57. The number of rotatable bonds is 12. The van der Waals surface area contributed by atoms with E-state index in [0.717, 1.165) is 19.3 Å². The van der Waals surface area contributed by atoms with Crippen LogP contribution in [0.3, 0.4) is 0 Å². The minimum Gasteiger partial charge on any atom is -0.481 e. The quantitative estimate of drug-likeness (QED) is 0.523. The Bertz CT molecular complexity index is 238. The zero-order valence-corrected chi connectivity index (χ0v) is 11.4. The largest absolute Gasteiger partial charge is 0.481 e. The van der Waals surface area contributed by atoms with Crippen LogP contribution < -0.4 is 0 Å². The lowest BCUT2D eigenvalue weighted by molar-refractivity contribution is -0.148. The second-order valence-corrected chi connectivity index (χ2v) is 4.90. The fourth-order valence-corrected chi connectivity index (χ4v) is 2.05. The molecule has 0 aliphatic rings. The molecule has 106 valence electrons. The molecule has 0 aromatic rings. The highest BCUT2D eigenvalue weighted by Gasteiger charge is 2.19. The van der Waals surface area contributed by atoms with Gasteiger partial charge in [-0.25, -0.2) is 0 Å². The van der Waals surface area contributed by atoms with Crippen LogP contribution in [0.25, 0.3) is 0 Å². The standard InChI is InChI=1S/C14H26O4/c1-2-3-4-5-6-7-8-9-10-12(14(17)18)11-13(15)16/h12H,2-11H2,1H3,(H,15,16)(H,17,18)/t12-/m1/s1. The summed E-state index contributed by atoms with van der Waals surface area (Å²) >= 11 is 0. The third-order valence-corrected chi connectivity index (χ3v) is 3.18. The molecule has 0 fully saturated rings. The van der Waals surface area contributed by atoms with E-state index in [1.807, 2.05) is 0 Å². The van der Waals surface area contributed by atoms with Crippen molar-refractivity contribution in [1.29, 1.82) is 0 Å². The van der Waals surface area contributed by atoms with Crippen LogP contribution in [-0.2, 0) is 9.59 Å². The highest BCUT2D eigenvalue weighted by molar-refractivity contribution is 5.77. The van der Waals surface area contributed by atoms with Crippen molar-refractivity contribution in [3.8, 4) is 0 Å². The van der Waals surface area contributed by atoms with Gasteiger partial charge in [-0.1, -0.05) is 58.3 Å². The highest BCUT2D eigenvalue weighted by atomic mass is 16.4. The zero-order chi connectivity index (χ0) is 13.8. The summed E-state index contributed by atoms with van der Waals surface area (Å²) in [7, 11) is 0. The Hall–Kier alpha value is -1.06. The molecule has 0 heterocycles. The van der Waals surface area contributed by atoms with Crippen LogP contribution in [0.5, 0.6) is 0 Å². The molecule has 0 aromatic carbocycles. The predicted molar refractivity (Wildman–Crippen MR) is 70.6 cm³/mol. The Morgan fingerprint density at radius 1 is 0.889 bits per heavy atom. The summed E-state index contributed by atoms with van der Waals surface area (Å²) in [5.74, 6) is -2.73. The molecule has 0 bridgehead atoms. The van der Waals surface area contributed by atoms with Crippen molar-refractivity contribution in [3.05, 3.63) is 0 Å². The van der Waals surface area contributed by atoms with E-state index in [1.165, 1.54) is 32.1 Å². The van der Waals surface area contributed by atoms with Crippen LogP contribution in [0, 0.1) is 5.92 Å². The normalized spacial score (nSPS) is 12.3. The summed E-state index contributed by atoms with van der Waals surface area (Å²) in [6.45, 7) is 2.19. The van der Waals surface area contributed by atoms with E-state index >= 15 is 0 Å². The van der Waals surface area contributed by atoms with Crippen LogP contribution in [0.15, 0.2) is 0 Å². The van der Waals surface area contributed by atoms with E-state index in [2.05, 4.69) is 6.92 Å². The molecule has 0 spiro atoms. The van der Waals surface area contributed by atoms with Gasteiger partial charge in [0.2, 0.25) is 0 Å². The second kappa shape index (κ2) is 11.1. The SMILES string of the molecule is CCCCCCCCCC[C@H](CC(=O)O)C(=O)O. The maximum atomic E-state index is 10.8. The summed E-state index contributed by atoms with van der Waals surface area (Å²) < 4.78 is 0. The fraction of sp³-hybridized carbons (Fsp3) is 0.857. The van der Waals surface area contributed by atoms with Gasteiger partial charge < -0.3 is 10.2 Å². The summed E-state index contributed by atoms with van der Waals surface area (Å²) in [4.78, 5) is 21.3. The van der Waals surface area contributed by atoms with Gasteiger partial charge in [-0.05, 0) is 6.42 Å². The van der Waals surface area contributed by atoms with Gasteiger partial charge in [0.1, 0.15) is 0 Å². The molecule has 0 rings (SSSR count). The van der Waals surface area contributed by atoms with Crippen molar-refractivity contribution in [3.63, 3.8) is 0 Å². The van der Waals surface area contributed by atoms with E-state index in [1.54, 1.807) is 0 Å². The number of aliphatic carboxylic acids is 2. The Balaban J connectivity index is 3.49. The minimum absolute atomic E-state index is 0.258. The average molecular weight is 258 g/mol. The van der Waals surface area contributed by atoms with Crippen molar-refractivity contribution < 1.29 is 19.8 Å². The molecule has 1 atom stereocenters. The summed E-state index contributed by atoms with van der Waals surface area (Å²) in [6.07, 6.45) is 9.46. The number of hydrogen-bond donors (Lipinski definition) is 2. The molecule has 0 unspecified atom stereocenters. The Morgan fingerprint density at radius 2 is 1.39 bits per heavy atom. The third kappa shape index (κ3) is 10.1. The van der Waals surface area contributed by atoms with E-state index in [0.29, 0.717) is 6.42 Å². The molecule has 0 radical (unpaired) electrons. The van der Waals surface area contributed by atoms with E-state index in [9.17, 15) is 9.59 Å². The number of carbonyl (C=O) groups is 2. The molecular weight excluding hydrogens is 232 g/mol. The van der Waals surface area contributed by atoms with Gasteiger partial charge in [0.05, 0.1) is 12.3 Å². The first-order valence-corrected chi connectivity index (χ1v) is 7.02. The predicted octanol–water partition coefficient (Wildman–Crippen LogP) is 3.69. The molecule has 0 saturated carbocycles. The van der Waals surface area contributed by atoms with Crippen molar-refractivity contribution in [2.75, 3.05) is 0 Å². The Morgan fingerprint density at radius 3 is 1.83 bits per heavy atom. The van der Waals surface area contributed by atoms with E-state index in [4.69, 9.17) is 10.2 Å². The monoisotopic (exact) mass is 258 g/mol. The first kappa shape index (κ1) is 16.9. The minimum atomic E-state index is -1.03. The maximum absolute atomic E-state index is 10.8. The van der Waals surface area contributed by atoms with E-state index in [-0.39, 0.29) is 6.42 Å². The molecular formula is C14H26O4. The van der Waals surface area contributed by atoms with Crippen LogP contribution in [-0.4, -0.2) is 22.2 Å². The summed E-state index contributed by atoms with van der Waals surface area (Å²) in [5.41, 5.74) is 0. The molecule has 0 aliphatic carbocycles. The highest BCUT2D eigenvalue weighted by Crippen LogP contribution is 2.16. The number of hydrogen-bond acceptors (Lipinski definition) is 2. The van der Waals surface area contributed by atoms with Crippen LogP contribution in [0.4, 0.5) is 0 Å². The number of unbranched alkanes of at least 4 members (excludes halogenated alkanes) is 7. The van der Waals surface area contributed by atoms with Crippen LogP contribution in [0.1, 0.15) is 71.1 Å². The molecule has 4 nitrogen and oxygen atoms in total. The lowest BCUT2D eigenvalue weighted by Gasteiger charge is -2.09. The van der Waals surface area contributed by atoms with E-state index < -0.39 is 17.9 Å². The molecule has 18 heavy (non-hydrogen) atoms. The fourth-order valence-electron chi connectivity index (χ4n) is 2.05. The number of carboxylic acid groups (broad SMARTS) is 2. The van der Waals surface area contributed by atoms with Gasteiger partial charge in [-0.3, -0.25) is 9.59 Å². The lowest BCUT2D eigenvalue weighted by Crippen LogP contribution is -2.17. The van der Waals surface area contributed by atoms with Gasteiger partial charge in [0.25, 0.3) is 0 Å². The van der Waals surface area contributed by atoms with Crippen molar-refractivity contribution in [2.24, 2.45) is 5.92 Å². The Labute approximate surface area is 109 Å². The van der Waals surface area contributed by atoms with Gasteiger partial charge in [0.15, 0.2) is 0 Å². The van der Waals surface area contributed by atoms with Crippen molar-refractivity contribution in [1.82, 2.24) is 0 Å². The molecule has 0 aliphatic heterocycles. The Kier molecular flexibility index (Phi) is 10.4. The lowest BCUT2D eigenvalue weighted by atomic mass is 9.97. The molecule has 0 amide bonds. The molecule has 0 saturated heterocycles. The van der Waals surface area contributed by atoms with Gasteiger partial charge >= 0.3 is 11.9 Å². The molecule has 4 heteroatoms. The topological polar surface area (TPSA) is 74.6 Å². The van der Waals surface area contributed by atoms with Gasteiger partial charge in [-0.15, -0.1) is 0 Å². The van der Waals surface area contributed by atoms with Gasteiger partial charge in [0, 0.05) is 0 Å². The second-order valence-electron chi connectivity index (χ2n) is 4.90. The number of carboxylic acids is 2. The molecule has 0 aromatic heterocycles. The summed E-state index contributed by atoms with van der Waals surface area (Å²) in [5, 5.41) is 17.5. The average Bonchev–Trinajstić information content (AvgIpc) is 2.30. The smallest absolute Gasteiger partial charge is 0.307 e. The third-order valence-electron chi connectivity index (χ3n) is 3.18. The van der Waals surface area contributed by atoms with Crippen LogP contribution in [0.2, 0.25) is 0 Å².